The molecular weight excluding hydrogens is 338 g/mol. The number of hydrogen-bond acceptors (Lipinski definition) is 4. The van der Waals surface area contributed by atoms with Gasteiger partial charge in [-0.2, -0.15) is 0 Å². The predicted molar refractivity (Wildman–Crippen MR) is 106 cm³/mol. The largest absolute Gasteiger partial charge is 0.425 e. The Morgan fingerprint density at radius 2 is 1.78 bits per heavy atom. The summed E-state index contributed by atoms with van der Waals surface area (Å²) < 4.78 is 5.63. The molecule has 1 amide bonds. The molecule has 2 aromatic carbocycles. The number of carbonyl (C=O) groups is 1. The number of hydrogen-bond donors (Lipinski definition) is 1. The van der Waals surface area contributed by atoms with Gasteiger partial charge < -0.3 is 9.73 Å². The molecule has 3 rings (SSSR count). The summed E-state index contributed by atoms with van der Waals surface area (Å²) in [5.41, 5.74) is 4.06. The molecule has 5 nitrogen and oxygen atoms in total. The third kappa shape index (κ3) is 4.42. The van der Waals surface area contributed by atoms with E-state index in [9.17, 15) is 4.79 Å². The fourth-order valence-electron chi connectivity index (χ4n) is 3.20. The van der Waals surface area contributed by atoms with Gasteiger partial charge in [0.25, 0.3) is 0 Å². The molecule has 0 aliphatic carbocycles. The molecule has 3 aromatic rings. The van der Waals surface area contributed by atoms with Crippen molar-refractivity contribution in [1.82, 2.24) is 10.2 Å². The summed E-state index contributed by atoms with van der Waals surface area (Å²) in [6, 6.07) is 15.9. The van der Waals surface area contributed by atoms with E-state index in [1.807, 2.05) is 49.4 Å². The maximum Gasteiger partial charge on any atom is 0.225 e. The first-order chi connectivity index (χ1) is 13.0. The lowest BCUT2D eigenvalue weighted by Crippen LogP contribution is -2.18. The van der Waals surface area contributed by atoms with Crippen LogP contribution in [0.25, 0.3) is 0 Å². The Labute approximate surface area is 159 Å². The lowest BCUT2D eigenvalue weighted by atomic mass is 9.94. The molecule has 0 radical (unpaired) electrons. The molecule has 0 saturated carbocycles. The van der Waals surface area contributed by atoms with Crippen molar-refractivity contribution in [2.75, 3.05) is 5.32 Å². The Morgan fingerprint density at radius 3 is 2.41 bits per heavy atom. The van der Waals surface area contributed by atoms with Gasteiger partial charge in [-0.1, -0.05) is 62.4 Å². The summed E-state index contributed by atoms with van der Waals surface area (Å²) >= 11 is 0. The normalized spacial score (nSPS) is 12.2. The van der Waals surface area contributed by atoms with Gasteiger partial charge in [0.2, 0.25) is 17.7 Å². The number of aromatic nitrogens is 2. The van der Waals surface area contributed by atoms with Crippen LogP contribution in [-0.2, 0) is 4.79 Å². The summed E-state index contributed by atoms with van der Waals surface area (Å²) in [5, 5.41) is 11.2. The van der Waals surface area contributed by atoms with Crippen LogP contribution in [0.4, 0.5) is 5.69 Å². The maximum atomic E-state index is 12.9. The van der Waals surface area contributed by atoms with Crippen molar-refractivity contribution in [1.29, 1.82) is 0 Å². The van der Waals surface area contributed by atoms with Gasteiger partial charge in [0.15, 0.2) is 0 Å². The highest BCUT2D eigenvalue weighted by Gasteiger charge is 2.24. The molecule has 0 aliphatic rings. The van der Waals surface area contributed by atoms with Crippen molar-refractivity contribution >= 4 is 11.6 Å². The summed E-state index contributed by atoms with van der Waals surface area (Å²) in [6.45, 7) is 8.01. The van der Waals surface area contributed by atoms with Crippen LogP contribution in [0.2, 0.25) is 0 Å². The number of amides is 1. The number of rotatable bonds is 6. The minimum Gasteiger partial charge on any atom is -0.425 e. The van der Waals surface area contributed by atoms with E-state index in [0.29, 0.717) is 17.7 Å². The second-order valence-electron chi connectivity index (χ2n) is 7.07. The number of nitrogens with zero attached hydrogens (tertiary/aromatic N) is 2. The molecule has 0 bridgehead atoms. The molecule has 0 saturated heterocycles. The first-order valence-corrected chi connectivity index (χ1v) is 9.20. The molecule has 1 unspecified atom stereocenters. The zero-order valence-corrected chi connectivity index (χ0v) is 16.2. The van der Waals surface area contributed by atoms with Crippen molar-refractivity contribution in [3.63, 3.8) is 0 Å². The quantitative estimate of drug-likeness (QED) is 0.671. The molecule has 140 valence electrons. The first-order valence-electron chi connectivity index (χ1n) is 9.20. The van der Waals surface area contributed by atoms with E-state index in [4.69, 9.17) is 4.42 Å². The molecule has 0 aliphatic heterocycles. The summed E-state index contributed by atoms with van der Waals surface area (Å²) in [4.78, 5) is 12.9. The molecule has 1 atom stereocenters. The SMILES string of the molecule is Cc1nnc(C(CC(=O)Nc2c(C)cccc2C(C)C)c2ccccc2)o1. The number of carbonyl (C=O) groups excluding carboxylic acids is 1. The van der Waals surface area contributed by atoms with E-state index < -0.39 is 0 Å². The van der Waals surface area contributed by atoms with Crippen molar-refractivity contribution in [2.45, 2.75) is 46.0 Å². The number of nitrogens with one attached hydrogen (secondary N) is 1. The fraction of sp³-hybridized carbons (Fsp3) is 0.318. The molecule has 0 spiro atoms. The molecule has 1 N–H and O–H groups in total. The number of para-hydroxylation sites is 1. The second kappa shape index (κ2) is 8.16. The Hall–Kier alpha value is -2.95. The van der Waals surface area contributed by atoms with E-state index in [2.05, 4.69) is 35.4 Å². The van der Waals surface area contributed by atoms with E-state index in [1.165, 1.54) is 0 Å². The Morgan fingerprint density at radius 1 is 1.04 bits per heavy atom. The smallest absolute Gasteiger partial charge is 0.225 e. The van der Waals surface area contributed by atoms with Crippen LogP contribution < -0.4 is 5.32 Å². The van der Waals surface area contributed by atoms with Gasteiger partial charge in [-0.05, 0) is 29.5 Å². The van der Waals surface area contributed by atoms with Crippen LogP contribution in [0.3, 0.4) is 0 Å². The first kappa shape index (κ1) is 18.8. The zero-order chi connectivity index (χ0) is 19.4. The Balaban J connectivity index is 1.86. The predicted octanol–water partition coefficient (Wildman–Crippen LogP) is 4.97. The van der Waals surface area contributed by atoms with Crippen molar-refractivity contribution < 1.29 is 9.21 Å². The highest BCUT2D eigenvalue weighted by Crippen LogP contribution is 2.30. The average Bonchev–Trinajstić information content (AvgIpc) is 3.08. The number of aryl methyl sites for hydroxylation is 2. The highest BCUT2D eigenvalue weighted by atomic mass is 16.4. The van der Waals surface area contributed by atoms with E-state index in [0.717, 1.165) is 22.4 Å². The van der Waals surface area contributed by atoms with E-state index >= 15 is 0 Å². The maximum absolute atomic E-state index is 12.9. The minimum absolute atomic E-state index is 0.0732. The number of anilines is 1. The summed E-state index contributed by atoms with van der Waals surface area (Å²) in [7, 11) is 0. The second-order valence-corrected chi connectivity index (χ2v) is 7.07. The molecule has 0 fully saturated rings. The molecular formula is C22H25N3O2. The fourth-order valence-corrected chi connectivity index (χ4v) is 3.20. The van der Waals surface area contributed by atoms with Crippen LogP contribution in [0, 0.1) is 13.8 Å². The van der Waals surface area contributed by atoms with Crippen molar-refractivity contribution in [3.05, 3.63) is 77.0 Å². The standard InChI is InChI=1S/C22H25N3O2/c1-14(2)18-12-8-9-15(3)21(18)23-20(26)13-19(17-10-6-5-7-11-17)22-25-24-16(4)27-22/h5-12,14,19H,13H2,1-4H3,(H,23,26). The molecule has 1 heterocycles. The Kier molecular flexibility index (Phi) is 5.69. The van der Waals surface area contributed by atoms with E-state index in [-0.39, 0.29) is 18.2 Å². The highest BCUT2D eigenvalue weighted by molar-refractivity contribution is 5.93. The van der Waals surface area contributed by atoms with E-state index in [1.54, 1.807) is 6.92 Å². The van der Waals surface area contributed by atoms with Gasteiger partial charge in [-0.25, -0.2) is 0 Å². The third-order valence-electron chi connectivity index (χ3n) is 4.62. The third-order valence-corrected chi connectivity index (χ3v) is 4.62. The van der Waals surface area contributed by atoms with Crippen LogP contribution in [0.5, 0.6) is 0 Å². The average molecular weight is 363 g/mol. The molecule has 5 heteroatoms. The van der Waals surface area contributed by atoms with Crippen molar-refractivity contribution in [2.24, 2.45) is 0 Å². The van der Waals surface area contributed by atoms with Gasteiger partial charge in [0.05, 0.1) is 5.92 Å². The number of benzene rings is 2. The molecule has 1 aromatic heterocycles. The van der Waals surface area contributed by atoms with Gasteiger partial charge in [-0.3, -0.25) is 4.79 Å². The minimum atomic E-state index is -0.279. The summed E-state index contributed by atoms with van der Waals surface area (Å²) in [5.74, 6) is 0.925. The van der Waals surface area contributed by atoms with Gasteiger partial charge in [-0.15, -0.1) is 10.2 Å². The van der Waals surface area contributed by atoms with Crippen LogP contribution in [0.1, 0.15) is 60.6 Å². The topological polar surface area (TPSA) is 68.0 Å². The lowest BCUT2D eigenvalue weighted by molar-refractivity contribution is -0.116. The van der Waals surface area contributed by atoms with Crippen LogP contribution >= 0.6 is 0 Å². The van der Waals surface area contributed by atoms with Crippen LogP contribution in [0.15, 0.2) is 52.9 Å². The Bertz CT molecular complexity index is 916. The summed E-state index contributed by atoms with van der Waals surface area (Å²) in [6.07, 6.45) is 0.234. The van der Waals surface area contributed by atoms with Gasteiger partial charge in [0, 0.05) is 19.0 Å². The van der Waals surface area contributed by atoms with Gasteiger partial charge >= 0.3 is 0 Å². The lowest BCUT2D eigenvalue weighted by Gasteiger charge is -2.18. The van der Waals surface area contributed by atoms with Crippen LogP contribution in [-0.4, -0.2) is 16.1 Å². The monoisotopic (exact) mass is 363 g/mol. The molecule has 27 heavy (non-hydrogen) atoms. The van der Waals surface area contributed by atoms with Gasteiger partial charge in [0.1, 0.15) is 0 Å². The zero-order valence-electron chi connectivity index (χ0n) is 16.2. The van der Waals surface area contributed by atoms with Crippen molar-refractivity contribution in [3.8, 4) is 0 Å².